The van der Waals surface area contributed by atoms with Crippen LogP contribution in [0.25, 0.3) is 0 Å². The van der Waals surface area contributed by atoms with Crippen LogP contribution in [-0.4, -0.2) is 33.9 Å². The quantitative estimate of drug-likeness (QED) is 0.635. The Kier molecular flexibility index (Phi) is 3.26. The number of nitrogens with one attached hydrogen (secondary N) is 2. The van der Waals surface area contributed by atoms with Gasteiger partial charge in [0.05, 0.1) is 5.56 Å². The number of aromatic amines is 1. The Morgan fingerprint density at radius 1 is 1.32 bits per heavy atom. The molecule has 25 heavy (non-hydrogen) atoms. The number of hydrogen-bond acceptors (Lipinski definition) is 6. The van der Waals surface area contributed by atoms with E-state index in [-0.39, 0.29) is 5.54 Å². The number of nitrogen functional groups attached to an aromatic ring is 1. The molecule has 1 aromatic carbocycles. The summed E-state index contributed by atoms with van der Waals surface area (Å²) in [7, 11) is 2.17. The fourth-order valence-electron chi connectivity index (χ4n) is 3.82. The highest BCUT2D eigenvalue weighted by molar-refractivity contribution is 5.94. The molecule has 2 aromatic rings. The molecule has 0 radical (unpaired) electrons. The van der Waals surface area contributed by atoms with Crippen LogP contribution in [-0.2, 0) is 12.2 Å². The van der Waals surface area contributed by atoms with Crippen molar-refractivity contribution in [1.82, 2.24) is 15.1 Å². The van der Waals surface area contributed by atoms with Crippen molar-refractivity contribution in [3.05, 3.63) is 40.5 Å². The molecule has 2 unspecified atom stereocenters. The first kappa shape index (κ1) is 16.1. The lowest BCUT2D eigenvalue weighted by molar-refractivity contribution is 0.0944. The number of aliphatic imine (C=N–C) groups is 1. The number of anilines is 2. The predicted molar refractivity (Wildman–Crippen MR) is 100 cm³/mol. The van der Waals surface area contributed by atoms with Gasteiger partial charge in [0.1, 0.15) is 5.82 Å². The molecule has 2 atom stereocenters. The highest BCUT2D eigenvalue weighted by Crippen LogP contribution is 2.39. The summed E-state index contributed by atoms with van der Waals surface area (Å²) < 4.78 is 0. The Hall–Kier alpha value is -2.38. The first-order chi connectivity index (χ1) is 11.7. The Labute approximate surface area is 147 Å². The Morgan fingerprint density at radius 2 is 2.08 bits per heavy atom. The van der Waals surface area contributed by atoms with Gasteiger partial charge in [-0.1, -0.05) is 12.1 Å². The van der Waals surface area contributed by atoms with Gasteiger partial charge in [0, 0.05) is 23.4 Å². The molecular formula is C18H25N7. The number of nitrogens with two attached hydrogens (primary N) is 2. The van der Waals surface area contributed by atoms with Crippen molar-refractivity contribution in [2.45, 2.75) is 44.6 Å². The molecule has 4 rings (SSSR count). The molecule has 2 aliphatic heterocycles. The van der Waals surface area contributed by atoms with Crippen molar-refractivity contribution in [3.8, 4) is 0 Å². The summed E-state index contributed by atoms with van der Waals surface area (Å²) in [5.41, 5.74) is 16.9. The second-order valence-corrected chi connectivity index (χ2v) is 7.74. The van der Waals surface area contributed by atoms with E-state index in [9.17, 15) is 0 Å². The zero-order chi connectivity index (χ0) is 18.0. The first-order valence-electron chi connectivity index (χ1n) is 8.54. The van der Waals surface area contributed by atoms with Gasteiger partial charge in [-0.25, -0.2) is 4.99 Å². The molecule has 7 nitrogen and oxygen atoms in total. The van der Waals surface area contributed by atoms with Gasteiger partial charge in [0.2, 0.25) is 5.79 Å². The van der Waals surface area contributed by atoms with E-state index in [1.165, 1.54) is 11.1 Å². The number of fused-ring (bicyclic) bond motifs is 2. The van der Waals surface area contributed by atoms with Crippen molar-refractivity contribution in [2.75, 3.05) is 18.1 Å². The predicted octanol–water partition coefficient (Wildman–Crippen LogP) is 1.93. The van der Waals surface area contributed by atoms with E-state index in [2.05, 4.69) is 71.4 Å². The number of aromatic nitrogens is 2. The van der Waals surface area contributed by atoms with Gasteiger partial charge < -0.3 is 11.1 Å². The molecule has 2 aliphatic rings. The third kappa shape index (κ3) is 2.34. The van der Waals surface area contributed by atoms with Crippen molar-refractivity contribution in [3.63, 3.8) is 0 Å². The van der Waals surface area contributed by atoms with Gasteiger partial charge in [0.25, 0.3) is 0 Å². The maximum Gasteiger partial charge on any atom is 0.210 e. The molecule has 0 fully saturated rings. The summed E-state index contributed by atoms with van der Waals surface area (Å²) in [6.45, 7) is 6.79. The third-order valence-electron chi connectivity index (χ3n) is 5.73. The van der Waals surface area contributed by atoms with E-state index in [0.29, 0.717) is 17.7 Å². The number of nitrogens with zero attached hydrogens (tertiary/aromatic N) is 3. The van der Waals surface area contributed by atoms with Crippen LogP contribution in [0, 0.1) is 0 Å². The molecule has 0 saturated carbocycles. The molecule has 7 heteroatoms. The van der Waals surface area contributed by atoms with E-state index in [4.69, 9.17) is 11.5 Å². The van der Waals surface area contributed by atoms with E-state index < -0.39 is 5.79 Å². The minimum atomic E-state index is -1.05. The smallest absolute Gasteiger partial charge is 0.210 e. The fourth-order valence-corrected chi connectivity index (χ4v) is 3.82. The van der Waals surface area contributed by atoms with E-state index in [1.807, 2.05) is 0 Å². The van der Waals surface area contributed by atoms with E-state index in [0.717, 1.165) is 17.5 Å². The SMILES string of the molecule is CC1c2cc(C3(N)N=Cc4c(n[nH]c4N)N3)ccc2CC(C)(C)N1C. The summed E-state index contributed by atoms with van der Waals surface area (Å²) in [6, 6.07) is 6.71. The van der Waals surface area contributed by atoms with Crippen LogP contribution in [0.4, 0.5) is 11.6 Å². The highest BCUT2D eigenvalue weighted by Gasteiger charge is 2.37. The van der Waals surface area contributed by atoms with Crippen LogP contribution in [0.3, 0.4) is 0 Å². The Bertz CT molecular complexity index is 866. The van der Waals surface area contributed by atoms with Crippen molar-refractivity contribution >= 4 is 17.9 Å². The van der Waals surface area contributed by atoms with E-state index in [1.54, 1.807) is 6.21 Å². The standard InChI is InChI=1S/C18H25N7/c1-10-13-7-12(6-5-11(13)8-17(2,3)25(10)4)18(20)21-9-14-15(19)23-24-16(14)22-18/h5-7,9-10H,8,20H2,1-4H3,(H4,19,22,23,24). The molecule has 0 aliphatic carbocycles. The zero-order valence-corrected chi connectivity index (χ0v) is 15.1. The van der Waals surface area contributed by atoms with Crippen LogP contribution in [0.2, 0.25) is 0 Å². The average Bonchev–Trinajstić information content (AvgIpc) is 2.92. The lowest BCUT2D eigenvalue weighted by Crippen LogP contribution is -2.48. The maximum absolute atomic E-state index is 6.55. The molecule has 0 amide bonds. The lowest BCUT2D eigenvalue weighted by Gasteiger charge is -2.46. The van der Waals surface area contributed by atoms with Gasteiger partial charge in [-0.3, -0.25) is 15.7 Å². The summed E-state index contributed by atoms with van der Waals surface area (Å²) in [4.78, 5) is 6.92. The molecule has 0 saturated heterocycles. The van der Waals surface area contributed by atoms with Gasteiger partial charge >= 0.3 is 0 Å². The molecule has 6 N–H and O–H groups in total. The fraction of sp³-hybridized carbons (Fsp3) is 0.444. The normalized spacial score (nSPS) is 27.5. The monoisotopic (exact) mass is 339 g/mol. The summed E-state index contributed by atoms with van der Waals surface area (Å²) >= 11 is 0. The van der Waals surface area contributed by atoms with Gasteiger partial charge in [-0.15, -0.1) is 0 Å². The van der Waals surface area contributed by atoms with Gasteiger partial charge in [-0.2, -0.15) is 5.10 Å². The van der Waals surface area contributed by atoms with Crippen molar-refractivity contribution in [1.29, 1.82) is 0 Å². The molecular weight excluding hydrogens is 314 g/mol. The van der Waals surface area contributed by atoms with Crippen molar-refractivity contribution in [2.24, 2.45) is 10.7 Å². The first-order valence-corrected chi connectivity index (χ1v) is 8.54. The average molecular weight is 339 g/mol. The summed E-state index contributed by atoms with van der Waals surface area (Å²) in [6.07, 6.45) is 2.69. The van der Waals surface area contributed by atoms with Crippen molar-refractivity contribution < 1.29 is 0 Å². The van der Waals surface area contributed by atoms with Crippen LogP contribution >= 0.6 is 0 Å². The Morgan fingerprint density at radius 3 is 2.84 bits per heavy atom. The number of H-pyrrole nitrogens is 1. The molecule has 1 aromatic heterocycles. The van der Waals surface area contributed by atoms with Crippen LogP contribution in [0.15, 0.2) is 23.2 Å². The summed E-state index contributed by atoms with van der Waals surface area (Å²) in [5, 5.41) is 10.1. The maximum atomic E-state index is 6.55. The number of rotatable bonds is 1. The molecule has 0 bridgehead atoms. The number of benzene rings is 1. The Balaban J connectivity index is 1.74. The van der Waals surface area contributed by atoms with Crippen LogP contribution in [0.1, 0.15) is 49.1 Å². The molecule has 3 heterocycles. The minimum Gasteiger partial charge on any atom is -0.383 e. The molecule has 0 spiro atoms. The zero-order valence-electron chi connectivity index (χ0n) is 15.1. The van der Waals surface area contributed by atoms with Gasteiger partial charge in [0.15, 0.2) is 5.82 Å². The highest BCUT2D eigenvalue weighted by atomic mass is 15.3. The number of hydrogen-bond donors (Lipinski definition) is 4. The minimum absolute atomic E-state index is 0.136. The van der Waals surface area contributed by atoms with Gasteiger partial charge in [-0.05, 0) is 51.4 Å². The second kappa shape index (κ2) is 5.06. The largest absolute Gasteiger partial charge is 0.383 e. The van der Waals surface area contributed by atoms with Crippen LogP contribution < -0.4 is 16.8 Å². The topological polar surface area (TPSA) is 108 Å². The second-order valence-electron chi connectivity index (χ2n) is 7.74. The summed E-state index contributed by atoms with van der Waals surface area (Å²) in [5.74, 6) is 0.0600. The lowest BCUT2D eigenvalue weighted by atomic mass is 9.81. The molecule has 132 valence electrons. The van der Waals surface area contributed by atoms with E-state index >= 15 is 0 Å². The van der Waals surface area contributed by atoms with Crippen LogP contribution in [0.5, 0.6) is 0 Å². The number of likely N-dealkylation sites (N-methyl/N-ethyl adjacent to an activating group) is 1. The third-order valence-corrected chi connectivity index (χ3v) is 5.73.